The molecule has 1 fully saturated rings. The predicted molar refractivity (Wildman–Crippen MR) is 77.5 cm³/mol. The van der Waals surface area contributed by atoms with Crippen molar-refractivity contribution >= 4 is 0 Å². The zero-order valence-electron chi connectivity index (χ0n) is 12.1. The maximum Gasteiger partial charge on any atom is 0.123 e. The summed E-state index contributed by atoms with van der Waals surface area (Å²) in [5, 5.41) is 0. The van der Waals surface area contributed by atoms with Crippen LogP contribution in [0, 0.1) is 5.82 Å². The maximum absolute atomic E-state index is 13.3. The molecule has 0 aliphatic carbocycles. The molecule has 0 aromatic heterocycles. The van der Waals surface area contributed by atoms with Gasteiger partial charge in [-0.05, 0) is 68.8 Å². The van der Waals surface area contributed by atoms with Crippen LogP contribution in [0.15, 0.2) is 18.2 Å². The largest absolute Gasteiger partial charge is 0.496 e. The number of benzene rings is 1. The highest BCUT2D eigenvalue weighted by atomic mass is 19.1. The van der Waals surface area contributed by atoms with E-state index in [9.17, 15) is 4.39 Å². The Morgan fingerprint density at radius 3 is 2.75 bits per heavy atom. The zero-order valence-corrected chi connectivity index (χ0v) is 12.1. The minimum absolute atomic E-state index is 0.207. The molecule has 1 heterocycles. The minimum atomic E-state index is -0.207. The minimum Gasteiger partial charge on any atom is -0.496 e. The highest BCUT2D eigenvalue weighted by Gasteiger charge is 2.24. The van der Waals surface area contributed by atoms with Crippen molar-refractivity contribution < 1.29 is 13.9 Å². The van der Waals surface area contributed by atoms with E-state index in [4.69, 9.17) is 15.2 Å². The van der Waals surface area contributed by atoms with E-state index in [-0.39, 0.29) is 5.82 Å². The molecule has 3 nitrogen and oxygen atoms in total. The second-order valence-electron chi connectivity index (χ2n) is 5.38. The first-order valence-corrected chi connectivity index (χ1v) is 7.41. The van der Waals surface area contributed by atoms with Crippen LogP contribution in [-0.4, -0.2) is 25.9 Å². The average Bonchev–Trinajstić information content (AvgIpc) is 2.87. The molecule has 0 radical (unpaired) electrons. The van der Waals surface area contributed by atoms with E-state index in [1.54, 1.807) is 19.2 Å². The fraction of sp³-hybridized carbons (Fsp3) is 0.625. The van der Waals surface area contributed by atoms with Crippen LogP contribution >= 0.6 is 0 Å². The van der Waals surface area contributed by atoms with E-state index in [1.807, 2.05) is 0 Å². The van der Waals surface area contributed by atoms with Crippen LogP contribution in [0.4, 0.5) is 4.39 Å². The van der Waals surface area contributed by atoms with Crippen molar-refractivity contribution in [1.82, 2.24) is 0 Å². The van der Waals surface area contributed by atoms with Crippen molar-refractivity contribution in [3.63, 3.8) is 0 Å². The van der Waals surface area contributed by atoms with Crippen LogP contribution in [-0.2, 0) is 11.2 Å². The van der Waals surface area contributed by atoms with Gasteiger partial charge in [-0.1, -0.05) is 0 Å². The summed E-state index contributed by atoms with van der Waals surface area (Å²) < 4.78 is 24.5. The zero-order chi connectivity index (χ0) is 14.4. The Bertz CT molecular complexity index is 425. The Morgan fingerprint density at radius 2 is 2.05 bits per heavy atom. The van der Waals surface area contributed by atoms with Crippen molar-refractivity contribution in [3.8, 4) is 5.75 Å². The van der Waals surface area contributed by atoms with E-state index >= 15 is 0 Å². The topological polar surface area (TPSA) is 44.5 Å². The Kier molecular flexibility index (Phi) is 5.80. The molecule has 0 unspecified atom stereocenters. The highest BCUT2D eigenvalue weighted by molar-refractivity contribution is 5.33. The van der Waals surface area contributed by atoms with E-state index in [2.05, 4.69) is 0 Å². The lowest BCUT2D eigenvalue weighted by Gasteiger charge is -2.13. The number of ether oxygens (including phenoxy) is 2. The lowest BCUT2D eigenvalue weighted by molar-refractivity contribution is 0.0366. The lowest BCUT2D eigenvalue weighted by Crippen LogP contribution is -2.15. The number of nitrogens with two attached hydrogens (primary N) is 1. The summed E-state index contributed by atoms with van der Waals surface area (Å²) in [6.45, 7) is 0.692. The molecule has 112 valence electrons. The van der Waals surface area contributed by atoms with E-state index in [0.29, 0.717) is 18.8 Å². The van der Waals surface area contributed by atoms with Gasteiger partial charge >= 0.3 is 0 Å². The van der Waals surface area contributed by atoms with E-state index < -0.39 is 0 Å². The highest BCUT2D eigenvalue weighted by Crippen LogP contribution is 2.27. The summed E-state index contributed by atoms with van der Waals surface area (Å²) in [4.78, 5) is 0. The third kappa shape index (κ3) is 4.18. The molecular formula is C16H24FNO2. The fourth-order valence-electron chi connectivity index (χ4n) is 2.85. The third-order valence-corrected chi connectivity index (χ3v) is 3.90. The molecular weight excluding hydrogens is 257 g/mol. The van der Waals surface area contributed by atoms with Crippen LogP contribution in [0.25, 0.3) is 0 Å². The quantitative estimate of drug-likeness (QED) is 0.835. The molecule has 1 aromatic carbocycles. The maximum atomic E-state index is 13.3. The van der Waals surface area contributed by atoms with Gasteiger partial charge in [0.2, 0.25) is 0 Å². The van der Waals surface area contributed by atoms with Crippen molar-refractivity contribution in [3.05, 3.63) is 29.6 Å². The molecule has 2 atom stereocenters. The van der Waals surface area contributed by atoms with Gasteiger partial charge in [0.05, 0.1) is 19.3 Å². The Morgan fingerprint density at radius 1 is 1.30 bits per heavy atom. The van der Waals surface area contributed by atoms with Gasteiger partial charge in [-0.3, -0.25) is 0 Å². The molecule has 2 N–H and O–H groups in total. The SMILES string of the molecule is COc1ccc(F)cc1CCC[C@H]1CC[C@@H](CCN)O1. The summed E-state index contributed by atoms with van der Waals surface area (Å²) in [5.41, 5.74) is 6.48. The van der Waals surface area contributed by atoms with Gasteiger partial charge < -0.3 is 15.2 Å². The summed E-state index contributed by atoms with van der Waals surface area (Å²) >= 11 is 0. The van der Waals surface area contributed by atoms with Crippen LogP contribution in [0.3, 0.4) is 0 Å². The van der Waals surface area contributed by atoms with Gasteiger partial charge in [0.15, 0.2) is 0 Å². The van der Waals surface area contributed by atoms with Crippen molar-refractivity contribution in [2.45, 2.75) is 50.7 Å². The van der Waals surface area contributed by atoms with Crippen LogP contribution in [0.2, 0.25) is 0 Å². The molecule has 1 aromatic rings. The monoisotopic (exact) mass is 281 g/mol. The predicted octanol–water partition coefficient (Wildman–Crippen LogP) is 3.05. The van der Waals surface area contributed by atoms with E-state index in [1.165, 1.54) is 6.07 Å². The number of halogens is 1. The fourth-order valence-corrected chi connectivity index (χ4v) is 2.85. The smallest absolute Gasteiger partial charge is 0.123 e. The molecule has 0 saturated carbocycles. The molecule has 0 bridgehead atoms. The van der Waals surface area contributed by atoms with Gasteiger partial charge in [-0.2, -0.15) is 0 Å². The van der Waals surface area contributed by atoms with Crippen LogP contribution in [0.5, 0.6) is 5.75 Å². The summed E-state index contributed by atoms with van der Waals surface area (Å²) in [6, 6.07) is 4.68. The average molecular weight is 281 g/mol. The lowest BCUT2D eigenvalue weighted by atomic mass is 10.0. The first kappa shape index (κ1) is 15.3. The summed E-state index contributed by atoms with van der Waals surface area (Å²) in [7, 11) is 1.62. The van der Waals surface area contributed by atoms with Gasteiger partial charge in [-0.25, -0.2) is 4.39 Å². The molecule has 20 heavy (non-hydrogen) atoms. The Hall–Kier alpha value is -1.13. The Balaban J connectivity index is 1.77. The van der Waals surface area contributed by atoms with Crippen LogP contribution in [0.1, 0.15) is 37.7 Å². The standard InChI is InChI=1S/C16H24FNO2/c1-19-16-8-5-13(17)11-12(16)3-2-4-14-6-7-15(20-14)9-10-18/h5,8,11,14-15H,2-4,6-7,9-10,18H2,1H3/t14-,15-/m0/s1. The first-order chi connectivity index (χ1) is 9.72. The van der Waals surface area contributed by atoms with Gasteiger partial charge in [0, 0.05) is 0 Å². The van der Waals surface area contributed by atoms with Crippen molar-refractivity contribution in [2.24, 2.45) is 5.73 Å². The van der Waals surface area contributed by atoms with Gasteiger partial charge in [0.1, 0.15) is 11.6 Å². The molecule has 2 rings (SSSR count). The molecule has 4 heteroatoms. The first-order valence-electron chi connectivity index (χ1n) is 7.41. The van der Waals surface area contributed by atoms with Crippen molar-refractivity contribution in [1.29, 1.82) is 0 Å². The summed E-state index contributed by atoms with van der Waals surface area (Å²) in [5.74, 6) is 0.556. The number of methoxy groups -OCH3 is 1. The van der Waals surface area contributed by atoms with Gasteiger partial charge in [0.25, 0.3) is 0 Å². The molecule has 0 spiro atoms. The number of hydrogen-bond acceptors (Lipinski definition) is 3. The number of rotatable bonds is 7. The molecule has 1 aliphatic rings. The number of hydrogen-bond donors (Lipinski definition) is 1. The van der Waals surface area contributed by atoms with Gasteiger partial charge in [-0.15, -0.1) is 0 Å². The molecule has 0 amide bonds. The van der Waals surface area contributed by atoms with Crippen LogP contribution < -0.4 is 10.5 Å². The Labute approximate surface area is 120 Å². The number of aryl methyl sites for hydroxylation is 1. The van der Waals surface area contributed by atoms with Crippen molar-refractivity contribution in [2.75, 3.05) is 13.7 Å². The molecule has 1 aliphatic heterocycles. The molecule has 1 saturated heterocycles. The third-order valence-electron chi connectivity index (χ3n) is 3.90. The second kappa shape index (κ2) is 7.60. The van der Waals surface area contributed by atoms with E-state index in [0.717, 1.165) is 49.8 Å². The normalized spacial score (nSPS) is 22.1. The second-order valence-corrected chi connectivity index (χ2v) is 5.38. The summed E-state index contributed by atoms with van der Waals surface area (Å²) in [6.07, 6.45) is 6.69.